The molecule has 0 radical (unpaired) electrons. The predicted molar refractivity (Wildman–Crippen MR) is 72.1 cm³/mol. The van der Waals surface area contributed by atoms with E-state index in [9.17, 15) is 0 Å². The van der Waals surface area contributed by atoms with Gasteiger partial charge in [0, 0.05) is 11.8 Å². The third-order valence-electron chi connectivity index (χ3n) is 2.32. The highest BCUT2D eigenvalue weighted by Gasteiger charge is 2.04. The molecule has 5 nitrogen and oxygen atoms in total. The zero-order valence-electron chi connectivity index (χ0n) is 10.5. The summed E-state index contributed by atoms with van der Waals surface area (Å²) < 4.78 is 5.53. The fourth-order valence-corrected chi connectivity index (χ4v) is 1.64. The number of aromatic nitrogens is 2. The average Bonchev–Trinajstić information content (AvgIpc) is 2.30. The summed E-state index contributed by atoms with van der Waals surface area (Å²) >= 11 is 0. The quantitative estimate of drug-likeness (QED) is 0.864. The number of nitrogens with one attached hydrogen (secondary N) is 1. The van der Waals surface area contributed by atoms with Gasteiger partial charge in [0.05, 0.1) is 12.3 Å². The Hall–Kier alpha value is -2.30. The number of rotatable bonds is 4. The Morgan fingerprint density at radius 1 is 1.28 bits per heavy atom. The standard InChI is InChI=1S/C13H16N4O/c1-3-18-11-7-5-4-6-10(11)16-12-8-9(2)15-13(14)17-12/h4-8H,3H2,1-2H3,(H3,14,15,16,17). The van der Waals surface area contributed by atoms with Gasteiger partial charge in [0.25, 0.3) is 0 Å². The summed E-state index contributed by atoms with van der Waals surface area (Å²) in [6, 6.07) is 9.53. The second-order valence-electron chi connectivity index (χ2n) is 3.81. The van der Waals surface area contributed by atoms with Crippen molar-refractivity contribution in [2.45, 2.75) is 13.8 Å². The van der Waals surface area contributed by atoms with E-state index in [0.29, 0.717) is 12.4 Å². The van der Waals surface area contributed by atoms with E-state index in [1.807, 2.05) is 44.2 Å². The van der Waals surface area contributed by atoms with Gasteiger partial charge in [-0.3, -0.25) is 0 Å². The molecular formula is C13H16N4O. The summed E-state index contributed by atoms with van der Waals surface area (Å²) in [6.45, 7) is 4.44. The van der Waals surface area contributed by atoms with Crippen molar-refractivity contribution in [2.75, 3.05) is 17.7 Å². The minimum atomic E-state index is 0.256. The highest BCUT2D eigenvalue weighted by molar-refractivity contribution is 5.64. The van der Waals surface area contributed by atoms with Crippen LogP contribution >= 0.6 is 0 Å². The molecule has 0 atom stereocenters. The maximum absolute atomic E-state index is 5.62. The summed E-state index contributed by atoms with van der Waals surface area (Å²) in [7, 11) is 0. The third kappa shape index (κ3) is 2.88. The first-order chi connectivity index (χ1) is 8.69. The van der Waals surface area contributed by atoms with Crippen LogP contribution in [0.1, 0.15) is 12.6 Å². The first-order valence-electron chi connectivity index (χ1n) is 5.79. The smallest absolute Gasteiger partial charge is 0.222 e. The summed E-state index contributed by atoms with van der Waals surface area (Å²) in [5, 5.41) is 3.18. The van der Waals surface area contributed by atoms with Crippen molar-refractivity contribution >= 4 is 17.5 Å². The topological polar surface area (TPSA) is 73.1 Å². The lowest BCUT2D eigenvalue weighted by Gasteiger charge is -2.12. The predicted octanol–water partition coefficient (Wildman–Crippen LogP) is 2.51. The van der Waals surface area contributed by atoms with Crippen LogP contribution in [0.4, 0.5) is 17.5 Å². The van der Waals surface area contributed by atoms with Gasteiger partial charge in [-0.05, 0) is 26.0 Å². The summed E-state index contributed by atoms with van der Waals surface area (Å²) in [5.41, 5.74) is 7.29. The van der Waals surface area contributed by atoms with Gasteiger partial charge in [0.2, 0.25) is 5.95 Å². The molecule has 0 saturated carbocycles. The zero-order chi connectivity index (χ0) is 13.0. The van der Waals surface area contributed by atoms with Gasteiger partial charge in [-0.25, -0.2) is 4.98 Å². The average molecular weight is 244 g/mol. The summed E-state index contributed by atoms with van der Waals surface area (Å²) in [6.07, 6.45) is 0. The molecule has 0 unspecified atom stereocenters. The lowest BCUT2D eigenvalue weighted by Crippen LogP contribution is -2.03. The van der Waals surface area contributed by atoms with E-state index in [0.717, 1.165) is 17.1 Å². The maximum atomic E-state index is 5.62. The Morgan fingerprint density at radius 2 is 2.06 bits per heavy atom. The minimum Gasteiger partial charge on any atom is -0.492 e. The fourth-order valence-electron chi connectivity index (χ4n) is 1.64. The Labute approximate surface area is 106 Å². The fraction of sp³-hybridized carbons (Fsp3) is 0.231. The highest BCUT2D eigenvalue weighted by atomic mass is 16.5. The molecule has 3 N–H and O–H groups in total. The first kappa shape index (κ1) is 12.2. The molecule has 2 rings (SSSR count). The van der Waals surface area contributed by atoms with Gasteiger partial charge in [0.1, 0.15) is 11.6 Å². The van der Waals surface area contributed by atoms with Crippen LogP contribution in [0.15, 0.2) is 30.3 Å². The van der Waals surface area contributed by atoms with Gasteiger partial charge in [-0.2, -0.15) is 4.98 Å². The van der Waals surface area contributed by atoms with Gasteiger partial charge in [-0.15, -0.1) is 0 Å². The molecule has 94 valence electrons. The first-order valence-corrected chi connectivity index (χ1v) is 5.79. The van der Waals surface area contributed by atoms with Crippen LogP contribution in [0.2, 0.25) is 0 Å². The van der Waals surface area contributed by atoms with E-state index < -0.39 is 0 Å². The van der Waals surface area contributed by atoms with Crippen LogP contribution in [0.3, 0.4) is 0 Å². The number of nitrogen functional groups attached to an aromatic ring is 1. The number of aryl methyl sites for hydroxylation is 1. The van der Waals surface area contributed by atoms with Crippen molar-refractivity contribution in [3.8, 4) is 5.75 Å². The molecule has 0 aliphatic heterocycles. The monoisotopic (exact) mass is 244 g/mol. The van der Waals surface area contributed by atoms with Gasteiger partial charge in [0.15, 0.2) is 0 Å². The molecule has 18 heavy (non-hydrogen) atoms. The van der Waals surface area contributed by atoms with Crippen molar-refractivity contribution in [1.82, 2.24) is 9.97 Å². The molecule has 1 aromatic heterocycles. The van der Waals surface area contributed by atoms with E-state index >= 15 is 0 Å². The van der Waals surface area contributed by atoms with Crippen LogP contribution in [0.5, 0.6) is 5.75 Å². The molecule has 0 aliphatic rings. The van der Waals surface area contributed by atoms with Crippen LogP contribution in [-0.4, -0.2) is 16.6 Å². The Balaban J connectivity index is 2.27. The number of para-hydroxylation sites is 2. The number of nitrogens with zero attached hydrogens (tertiary/aromatic N) is 2. The summed E-state index contributed by atoms with van der Waals surface area (Å²) in [5.74, 6) is 1.70. The number of ether oxygens (including phenoxy) is 1. The maximum Gasteiger partial charge on any atom is 0.222 e. The molecule has 0 saturated heterocycles. The highest BCUT2D eigenvalue weighted by Crippen LogP contribution is 2.26. The van der Waals surface area contributed by atoms with Gasteiger partial charge in [-0.1, -0.05) is 12.1 Å². The summed E-state index contributed by atoms with van der Waals surface area (Å²) in [4.78, 5) is 8.16. The minimum absolute atomic E-state index is 0.256. The van der Waals surface area contributed by atoms with E-state index in [1.165, 1.54) is 0 Å². The van der Waals surface area contributed by atoms with Crippen LogP contribution in [0.25, 0.3) is 0 Å². The second-order valence-corrected chi connectivity index (χ2v) is 3.81. The molecule has 0 aliphatic carbocycles. The van der Waals surface area contributed by atoms with E-state index in [4.69, 9.17) is 10.5 Å². The molecule has 1 heterocycles. The van der Waals surface area contributed by atoms with Gasteiger partial charge >= 0.3 is 0 Å². The third-order valence-corrected chi connectivity index (χ3v) is 2.32. The SMILES string of the molecule is CCOc1ccccc1Nc1cc(C)nc(N)n1. The number of hydrogen-bond donors (Lipinski definition) is 2. The molecule has 0 fully saturated rings. The van der Waals surface area contributed by atoms with Crippen molar-refractivity contribution in [3.63, 3.8) is 0 Å². The molecular weight excluding hydrogens is 228 g/mol. The van der Waals surface area contributed by atoms with Crippen LogP contribution in [-0.2, 0) is 0 Å². The van der Waals surface area contributed by atoms with Crippen LogP contribution in [0, 0.1) is 6.92 Å². The van der Waals surface area contributed by atoms with Crippen molar-refractivity contribution in [2.24, 2.45) is 0 Å². The molecule has 1 aromatic carbocycles. The van der Waals surface area contributed by atoms with E-state index in [2.05, 4.69) is 15.3 Å². The molecule has 5 heteroatoms. The zero-order valence-corrected chi connectivity index (χ0v) is 10.5. The Morgan fingerprint density at radius 3 is 2.78 bits per heavy atom. The molecule has 0 spiro atoms. The largest absolute Gasteiger partial charge is 0.492 e. The number of anilines is 3. The Kier molecular flexibility index (Phi) is 3.62. The lowest BCUT2D eigenvalue weighted by atomic mass is 10.3. The number of hydrogen-bond acceptors (Lipinski definition) is 5. The van der Waals surface area contributed by atoms with E-state index in [1.54, 1.807) is 0 Å². The van der Waals surface area contributed by atoms with Gasteiger partial charge < -0.3 is 15.8 Å². The molecule has 0 amide bonds. The van der Waals surface area contributed by atoms with Crippen molar-refractivity contribution < 1.29 is 4.74 Å². The normalized spacial score (nSPS) is 10.1. The van der Waals surface area contributed by atoms with Crippen molar-refractivity contribution in [3.05, 3.63) is 36.0 Å². The Bertz CT molecular complexity index is 522. The van der Waals surface area contributed by atoms with Crippen molar-refractivity contribution in [1.29, 1.82) is 0 Å². The van der Waals surface area contributed by atoms with Crippen LogP contribution < -0.4 is 15.8 Å². The molecule has 2 aromatic rings. The number of benzene rings is 1. The second kappa shape index (κ2) is 5.35. The van der Waals surface area contributed by atoms with E-state index in [-0.39, 0.29) is 5.95 Å². The molecule has 0 bridgehead atoms. The number of nitrogens with two attached hydrogens (primary N) is 1. The lowest BCUT2D eigenvalue weighted by molar-refractivity contribution is 0.342.